The van der Waals surface area contributed by atoms with E-state index in [1.165, 1.54) is 0 Å². The summed E-state index contributed by atoms with van der Waals surface area (Å²) >= 11 is 0. The number of hydrogen-bond donors (Lipinski definition) is 2. The van der Waals surface area contributed by atoms with Crippen LogP contribution in [0.5, 0.6) is 0 Å². The molecule has 1 rings (SSSR count). The minimum Gasteiger partial charge on any atom is -0.478 e. The predicted octanol–water partition coefficient (Wildman–Crippen LogP) is 4.59. The summed E-state index contributed by atoms with van der Waals surface area (Å²) in [6.07, 6.45) is -6.13. The Morgan fingerprint density at radius 1 is 0.889 bits per heavy atom. The topological polar surface area (TPSA) is 74.6 Å². The third kappa shape index (κ3) is 4.52. The number of alkyl halides is 8. The van der Waals surface area contributed by atoms with E-state index in [-0.39, 0.29) is 12.8 Å². The summed E-state index contributed by atoms with van der Waals surface area (Å²) in [5.41, 5.74) is -2.80. The van der Waals surface area contributed by atoms with Crippen molar-refractivity contribution in [2.75, 3.05) is 0 Å². The molecule has 0 aromatic carbocycles. The van der Waals surface area contributed by atoms with Crippen molar-refractivity contribution in [2.45, 2.75) is 62.7 Å². The van der Waals surface area contributed by atoms with E-state index in [2.05, 4.69) is 0 Å². The maximum atomic E-state index is 13.8. The molecule has 0 radical (unpaired) electrons. The molecule has 0 unspecified atom stereocenters. The Labute approximate surface area is 147 Å². The predicted molar refractivity (Wildman–Crippen MR) is 74.3 cm³/mol. The summed E-state index contributed by atoms with van der Waals surface area (Å²) in [6.45, 7) is 0. The van der Waals surface area contributed by atoms with Crippen LogP contribution in [0.25, 0.3) is 0 Å². The van der Waals surface area contributed by atoms with E-state index >= 15 is 0 Å². The Balaban J connectivity index is 3.42. The van der Waals surface area contributed by atoms with E-state index in [4.69, 9.17) is 5.11 Å². The number of carboxylic acids is 2. The molecule has 0 atom stereocenters. The number of rotatable bonds is 8. The van der Waals surface area contributed by atoms with E-state index in [0.717, 1.165) is 0 Å². The average molecular weight is 412 g/mol. The Kier molecular flexibility index (Phi) is 6.87. The fourth-order valence-electron chi connectivity index (χ4n) is 2.94. The van der Waals surface area contributed by atoms with E-state index in [0.29, 0.717) is 19.3 Å². The monoisotopic (exact) mass is 412 g/mol. The molecule has 0 heterocycles. The summed E-state index contributed by atoms with van der Waals surface area (Å²) < 4.78 is 105. The maximum Gasteiger partial charge on any atom is 0.378 e. The molecular weight excluding hydrogens is 396 g/mol. The van der Waals surface area contributed by atoms with Gasteiger partial charge >= 0.3 is 36.1 Å². The van der Waals surface area contributed by atoms with Gasteiger partial charge in [0.05, 0.1) is 17.6 Å². The van der Waals surface area contributed by atoms with Crippen molar-refractivity contribution in [1.29, 1.82) is 0 Å². The molecule has 1 aliphatic rings. The van der Waals surface area contributed by atoms with Crippen molar-refractivity contribution in [3.8, 4) is 0 Å². The lowest BCUT2D eigenvalue weighted by atomic mass is 9.80. The van der Waals surface area contributed by atoms with Gasteiger partial charge in [0.25, 0.3) is 0 Å². The maximum absolute atomic E-state index is 13.8. The zero-order valence-corrected chi connectivity index (χ0v) is 13.6. The highest BCUT2D eigenvalue weighted by atomic mass is 19.4. The van der Waals surface area contributed by atoms with Gasteiger partial charge in [-0.2, -0.15) is 26.3 Å². The highest BCUT2D eigenvalue weighted by Gasteiger charge is 2.75. The van der Waals surface area contributed by atoms with Crippen LogP contribution in [0, 0.1) is 5.92 Å². The second-order valence-electron chi connectivity index (χ2n) is 6.22. The SMILES string of the molecule is O=C(O)/C(CC(F)(F)C(F)(F)C(F)(F)C(F)F)=C(/C(=O)O)C1CCCCC1. The van der Waals surface area contributed by atoms with E-state index < -0.39 is 59.6 Å². The second-order valence-corrected chi connectivity index (χ2v) is 6.22. The molecule has 4 nitrogen and oxygen atoms in total. The first-order valence-corrected chi connectivity index (χ1v) is 7.78. The quantitative estimate of drug-likeness (QED) is 0.452. The van der Waals surface area contributed by atoms with E-state index in [1.54, 1.807) is 0 Å². The first kappa shape index (κ1) is 23.2. The molecule has 0 aliphatic heterocycles. The molecule has 156 valence electrons. The lowest BCUT2D eigenvalue weighted by Crippen LogP contribution is -2.57. The molecular formula is C15H16F8O4. The Hall–Kier alpha value is -1.88. The summed E-state index contributed by atoms with van der Waals surface area (Å²) in [5, 5.41) is 18.2. The van der Waals surface area contributed by atoms with Crippen LogP contribution in [-0.4, -0.2) is 46.3 Å². The van der Waals surface area contributed by atoms with Gasteiger partial charge in [-0.15, -0.1) is 0 Å². The highest BCUT2D eigenvalue weighted by Crippen LogP contribution is 2.51. The van der Waals surface area contributed by atoms with Gasteiger partial charge in [0.2, 0.25) is 0 Å². The summed E-state index contributed by atoms with van der Waals surface area (Å²) in [7, 11) is 0. The van der Waals surface area contributed by atoms with Gasteiger partial charge in [-0.3, -0.25) is 0 Å². The van der Waals surface area contributed by atoms with Gasteiger partial charge in [0, 0.05) is 0 Å². The van der Waals surface area contributed by atoms with E-state index in [9.17, 15) is 49.8 Å². The van der Waals surface area contributed by atoms with Crippen molar-refractivity contribution in [1.82, 2.24) is 0 Å². The van der Waals surface area contributed by atoms with Crippen molar-refractivity contribution < 1.29 is 54.9 Å². The number of aliphatic carboxylic acids is 2. The van der Waals surface area contributed by atoms with Crippen molar-refractivity contribution in [3.05, 3.63) is 11.1 Å². The van der Waals surface area contributed by atoms with Crippen LogP contribution in [0.4, 0.5) is 35.1 Å². The highest BCUT2D eigenvalue weighted by molar-refractivity contribution is 5.99. The van der Waals surface area contributed by atoms with Gasteiger partial charge < -0.3 is 10.2 Å². The van der Waals surface area contributed by atoms with Gasteiger partial charge in [-0.25, -0.2) is 18.4 Å². The number of hydrogen-bond acceptors (Lipinski definition) is 2. The molecule has 27 heavy (non-hydrogen) atoms. The minimum atomic E-state index is -6.61. The van der Waals surface area contributed by atoms with Gasteiger partial charge in [0.15, 0.2) is 0 Å². The molecule has 0 saturated heterocycles. The number of carbonyl (C=O) groups is 2. The van der Waals surface area contributed by atoms with E-state index in [1.807, 2.05) is 0 Å². The third-order valence-electron chi connectivity index (χ3n) is 4.38. The summed E-state index contributed by atoms with van der Waals surface area (Å²) in [5.74, 6) is -24.3. The third-order valence-corrected chi connectivity index (χ3v) is 4.38. The van der Waals surface area contributed by atoms with Crippen LogP contribution in [0.15, 0.2) is 11.1 Å². The van der Waals surface area contributed by atoms with Crippen molar-refractivity contribution in [2.24, 2.45) is 5.92 Å². The molecule has 0 spiro atoms. The van der Waals surface area contributed by atoms with Crippen LogP contribution in [0.3, 0.4) is 0 Å². The number of carboxylic acid groups (broad SMARTS) is 2. The lowest BCUT2D eigenvalue weighted by molar-refractivity contribution is -0.337. The molecule has 1 fully saturated rings. The fraction of sp³-hybridized carbons (Fsp3) is 0.733. The van der Waals surface area contributed by atoms with Crippen LogP contribution in [0.1, 0.15) is 38.5 Å². The normalized spacial score (nSPS) is 18.4. The lowest BCUT2D eigenvalue weighted by Gasteiger charge is -2.33. The first-order chi connectivity index (χ1) is 12.2. The largest absolute Gasteiger partial charge is 0.478 e. The second kappa shape index (κ2) is 8.01. The zero-order valence-electron chi connectivity index (χ0n) is 13.6. The van der Waals surface area contributed by atoms with Crippen LogP contribution < -0.4 is 0 Å². The van der Waals surface area contributed by atoms with Crippen molar-refractivity contribution >= 4 is 11.9 Å². The van der Waals surface area contributed by atoms with Crippen molar-refractivity contribution in [3.63, 3.8) is 0 Å². The summed E-state index contributed by atoms with van der Waals surface area (Å²) in [6, 6.07) is 0. The molecule has 0 aromatic rings. The van der Waals surface area contributed by atoms with Gasteiger partial charge in [-0.05, 0) is 18.8 Å². The minimum absolute atomic E-state index is 0.0770. The van der Waals surface area contributed by atoms with Gasteiger partial charge in [0.1, 0.15) is 0 Å². The van der Waals surface area contributed by atoms with Crippen LogP contribution >= 0.6 is 0 Å². The Morgan fingerprint density at radius 3 is 1.74 bits per heavy atom. The molecule has 0 aromatic heterocycles. The average Bonchev–Trinajstić information content (AvgIpc) is 2.54. The number of halogens is 8. The Morgan fingerprint density at radius 2 is 1.37 bits per heavy atom. The summed E-state index contributed by atoms with van der Waals surface area (Å²) in [4.78, 5) is 22.6. The molecule has 1 aliphatic carbocycles. The zero-order chi connectivity index (χ0) is 21.2. The smallest absolute Gasteiger partial charge is 0.378 e. The first-order valence-electron chi connectivity index (χ1n) is 7.78. The van der Waals surface area contributed by atoms with Gasteiger partial charge in [-0.1, -0.05) is 19.3 Å². The molecule has 2 N–H and O–H groups in total. The molecule has 0 amide bonds. The van der Waals surface area contributed by atoms with Crippen LogP contribution in [-0.2, 0) is 9.59 Å². The Bertz CT molecular complexity index is 609. The molecule has 12 heteroatoms. The standard InChI is InChI=1S/C15H16F8O4/c16-12(17)14(20,21)15(22,23)13(18,19)6-8(10(24)25)9(11(26)27)7-4-2-1-3-5-7/h7,12H,1-6H2,(H,24,25)(H,26,27)/b9-8+. The van der Waals surface area contributed by atoms with Crippen LogP contribution in [0.2, 0.25) is 0 Å². The molecule has 0 bridgehead atoms. The molecule has 1 saturated carbocycles. The fourth-order valence-corrected chi connectivity index (χ4v) is 2.94.